The average molecular weight is 302 g/mol. The number of methoxy groups -OCH3 is 2. The van der Waals surface area contributed by atoms with E-state index >= 15 is 0 Å². The molecule has 0 aliphatic heterocycles. The number of benzene rings is 1. The molecule has 1 N–H and O–H groups in total. The van der Waals surface area contributed by atoms with Crippen molar-refractivity contribution in [1.29, 1.82) is 5.26 Å². The third kappa shape index (κ3) is 3.75. The fourth-order valence-electron chi connectivity index (χ4n) is 2.03. The summed E-state index contributed by atoms with van der Waals surface area (Å²) in [5, 5.41) is 14.1. The van der Waals surface area contributed by atoms with Crippen molar-refractivity contribution in [2.75, 3.05) is 14.2 Å². The van der Waals surface area contributed by atoms with Crippen molar-refractivity contribution in [3.63, 3.8) is 0 Å². The van der Waals surface area contributed by atoms with Crippen LogP contribution in [0.2, 0.25) is 0 Å². The van der Waals surface area contributed by atoms with Crippen LogP contribution in [0.5, 0.6) is 11.5 Å². The molecular formula is C16H18N2O2S. The summed E-state index contributed by atoms with van der Waals surface area (Å²) < 4.78 is 10.6. The minimum absolute atomic E-state index is 0.178. The molecule has 1 unspecified atom stereocenters. The smallest absolute Gasteiger partial charge is 0.161 e. The van der Waals surface area contributed by atoms with Crippen LogP contribution < -0.4 is 14.8 Å². The lowest BCUT2D eigenvalue weighted by molar-refractivity contribution is 0.354. The van der Waals surface area contributed by atoms with Gasteiger partial charge in [0.15, 0.2) is 11.5 Å². The van der Waals surface area contributed by atoms with Gasteiger partial charge in [0.1, 0.15) is 6.07 Å². The van der Waals surface area contributed by atoms with Crippen LogP contribution in [0.25, 0.3) is 0 Å². The molecule has 2 rings (SSSR count). The summed E-state index contributed by atoms with van der Waals surface area (Å²) in [5.41, 5.74) is 1.85. The largest absolute Gasteiger partial charge is 0.493 e. The standard InChI is InChI=1S/C16H18N2O2S/c1-11(18-9-14-6-12(8-17)10-21-14)13-4-5-15(19-2)16(7-13)20-3/h4-7,10-11,18H,9H2,1-3H3. The minimum Gasteiger partial charge on any atom is -0.493 e. The minimum atomic E-state index is 0.178. The second kappa shape index (κ2) is 7.11. The Balaban J connectivity index is 2.03. The van der Waals surface area contributed by atoms with Gasteiger partial charge in [-0.25, -0.2) is 0 Å². The van der Waals surface area contributed by atoms with Crippen molar-refractivity contribution < 1.29 is 9.47 Å². The molecule has 2 aromatic rings. The first-order chi connectivity index (χ1) is 10.2. The number of hydrogen-bond acceptors (Lipinski definition) is 5. The van der Waals surface area contributed by atoms with Crippen molar-refractivity contribution >= 4 is 11.3 Å². The highest BCUT2D eigenvalue weighted by molar-refractivity contribution is 7.10. The highest BCUT2D eigenvalue weighted by atomic mass is 32.1. The average Bonchev–Trinajstić information content (AvgIpc) is 2.99. The third-order valence-corrected chi connectivity index (χ3v) is 4.21. The molecule has 0 aliphatic rings. The number of thiophene rings is 1. The highest BCUT2D eigenvalue weighted by Gasteiger charge is 2.10. The highest BCUT2D eigenvalue weighted by Crippen LogP contribution is 2.30. The van der Waals surface area contributed by atoms with Gasteiger partial charge in [0.25, 0.3) is 0 Å². The molecule has 5 heteroatoms. The Hall–Kier alpha value is -2.03. The maximum absolute atomic E-state index is 8.82. The van der Waals surface area contributed by atoms with Crippen LogP contribution >= 0.6 is 11.3 Å². The molecule has 0 spiro atoms. The summed E-state index contributed by atoms with van der Waals surface area (Å²) in [4.78, 5) is 1.15. The van der Waals surface area contributed by atoms with Gasteiger partial charge in [-0.3, -0.25) is 0 Å². The molecule has 1 atom stereocenters. The molecule has 1 aromatic carbocycles. The lowest BCUT2D eigenvalue weighted by Crippen LogP contribution is -2.17. The van der Waals surface area contributed by atoms with Crippen LogP contribution in [0, 0.1) is 11.3 Å². The summed E-state index contributed by atoms with van der Waals surface area (Å²) in [6, 6.07) is 10.1. The normalized spacial score (nSPS) is 11.7. The first-order valence-electron chi connectivity index (χ1n) is 6.60. The van der Waals surface area contributed by atoms with Crippen LogP contribution in [0.3, 0.4) is 0 Å². The Morgan fingerprint density at radius 1 is 1.24 bits per heavy atom. The molecule has 0 saturated heterocycles. The van der Waals surface area contributed by atoms with E-state index < -0.39 is 0 Å². The summed E-state index contributed by atoms with van der Waals surface area (Å²) in [7, 11) is 3.26. The van der Waals surface area contributed by atoms with Gasteiger partial charge >= 0.3 is 0 Å². The molecule has 0 aliphatic carbocycles. The van der Waals surface area contributed by atoms with Gasteiger partial charge in [0.05, 0.1) is 19.8 Å². The molecule has 1 aromatic heterocycles. The van der Waals surface area contributed by atoms with Crippen molar-refractivity contribution in [3.05, 3.63) is 45.6 Å². The van der Waals surface area contributed by atoms with E-state index in [-0.39, 0.29) is 6.04 Å². The van der Waals surface area contributed by atoms with Gasteiger partial charge in [0.2, 0.25) is 0 Å². The van der Waals surface area contributed by atoms with E-state index in [1.807, 2.05) is 29.6 Å². The fraction of sp³-hybridized carbons (Fsp3) is 0.312. The number of nitrogens with one attached hydrogen (secondary N) is 1. The van der Waals surface area contributed by atoms with Crippen molar-refractivity contribution in [2.24, 2.45) is 0 Å². The lowest BCUT2D eigenvalue weighted by Gasteiger charge is -2.16. The number of rotatable bonds is 6. The lowest BCUT2D eigenvalue weighted by atomic mass is 10.1. The molecule has 0 saturated carbocycles. The fourth-order valence-corrected chi connectivity index (χ4v) is 2.79. The summed E-state index contributed by atoms with van der Waals surface area (Å²) in [5.74, 6) is 1.46. The second-order valence-corrected chi connectivity index (χ2v) is 5.63. The van der Waals surface area contributed by atoms with Gasteiger partial charge in [-0.1, -0.05) is 6.07 Å². The van der Waals surface area contributed by atoms with Gasteiger partial charge in [-0.2, -0.15) is 5.26 Å². The maximum atomic E-state index is 8.82. The van der Waals surface area contributed by atoms with E-state index in [9.17, 15) is 0 Å². The zero-order chi connectivity index (χ0) is 15.2. The van der Waals surface area contributed by atoms with Crippen LogP contribution in [-0.4, -0.2) is 14.2 Å². The van der Waals surface area contributed by atoms with Gasteiger partial charge in [-0.05, 0) is 30.7 Å². The zero-order valence-corrected chi connectivity index (χ0v) is 13.2. The molecule has 1 heterocycles. The van der Waals surface area contributed by atoms with Crippen LogP contribution in [0.4, 0.5) is 0 Å². The Kier molecular flexibility index (Phi) is 5.20. The van der Waals surface area contributed by atoms with Crippen molar-refractivity contribution in [2.45, 2.75) is 19.5 Å². The summed E-state index contributed by atoms with van der Waals surface area (Å²) >= 11 is 1.60. The van der Waals surface area contributed by atoms with Gasteiger partial charge < -0.3 is 14.8 Å². The first-order valence-corrected chi connectivity index (χ1v) is 7.48. The van der Waals surface area contributed by atoms with E-state index in [1.54, 1.807) is 25.6 Å². The van der Waals surface area contributed by atoms with Crippen LogP contribution in [0.15, 0.2) is 29.6 Å². The third-order valence-electron chi connectivity index (χ3n) is 3.27. The molecule has 0 fully saturated rings. The van der Waals surface area contributed by atoms with E-state index in [2.05, 4.69) is 18.3 Å². The molecule has 21 heavy (non-hydrogen) atoms. The van der Waals surface area contributed by atoms with Crippen LogP contribution in [0.1, 0.15) is 29.0 Å². The molecule has 0 amide bonds. The van der Waals surface area contributed by atoms with E-state index in [0.717, 1.165) is 34.0 Å². The van der Waals surface area contributed by atoms with Gasteiger partial charge in [0, 0.05) is 22.8 Å². The van der Waals surface area contributed by atoms with Crippen LogP contribution in [-0.2, 0) is 6.54 Å². The predicted octanol–water partition coefficient (Wildman–Crippen LogP) is 3.49. The Bertz CT molecular complexity index is 646. The number of ether oxygens (including phenoxy) is 2. The zero-order valence-electron chi connectivity index (χ0n) is 12.3. The summed E-state index contributed by atoms with van der Waals surface area (Å²) in [6.45, 7) is 2.84. The molecule has 4 nitrogen and oxygen atoms in total. The SMILES string of the molecule is COc1ccc(C(C)NCc2cc(C#N)cs2)cc1OC. The Morgan fingerprint density at radius 3 is 2.62 bits per heavy atom. The summed E-state index contributed by atoms with van der Waals surface area (Å²) in [6.07, 6.45) is 0. The van der Waals surface area contributed by atoms with Gasteiger partial charge in [-0.15, -0.1) is 11.3 Å². The molecule has 0 radical (unpaired) electrons. The first kappa shape index (κ1) is 15.4. The quantitative estimate of drug-likeness (QED) is 0.887. The number of nitrogens with zero attached hydrogens (tertiary/aromatic N) is 1. The molecule has 0 bridgehead atoms. The van der Waals surface area contributed by atoms with E-state index in [1.165, 1.54) is 0 Å². The second-order valence-electron chi connectivity index (χ2n) is 4.63. The Labute approximate surface area is 128 Å². The van der Waals surface area contributed by atoms with E-state index in [0.29, 0.717) is 0 Å². The molecular weight excluding hydrogens is 284 g/mol. The maximum Gasteiger partial charge on any atom is 0.161 e. The topological polar surface area (TPSA) is 54.3 Å². The number of nitriles is 1. The monoisotopic (exact) mass is 302 g/mol. The van der Waals surface area contributed by atoms with Crippen molar-refractivity contribution in [3.8, 4) is 17.6 Å². The van der Waals surface area contributed by atoms with E-state index in [4.69, 9.17) is 14.7 Å². The predicted molar refractivity (Wildman–Crippen MR) is 83.8 cm³/mol. The Morgan fingerprint density at radius 2 is 2.00 bits per heavy atom. The van der Waals surface area contributed by atoms with Crippen molar-refractivity contribution in [1.82, 2.24) is 5.32 Å². The number of hydrogen-bond donors (Lipinski definition) is 1. The molecule has 110 valence electrons.